The first-order valence-electron chi connectivity index (χ1n) is 21.2. The Morgan fingerprint density at radius 1 is 1.03 bits per heavy atom. The van der Waals surface area contributed by atoms with E-state index in [0.717, 1.165) is 31.2 Å². The highest BCUT2D eigenvalue weighted by Gasteiger charge is 2.69. The molecule has 2 N–H and O–H groups in total. The van der Waals surface area contributed by atoms with Gasteiger partial charge >= 0.3 is 19.8 Å². The number of hydrogen-bond donors (Lipinski definition) is 2. The van der Waals surface area contributed by atoms with Gasteiger partial charge in [-0.25, -0.2) is 14.6 Å². The molecule has 0 spiro atoms. The molecule has 3 aliphatic rings. The van der Waals surface area contributed by atoms with Gasteiger partial charge in [0.2, 0.25) is 18.6 Å². The van der Waals surface area contributed by atoms with Gasteiger partial charge in [0.05, 0.1) is 37.6 Å². The number of nitrogens with one attached hydrogen (secondary N) is 2. The number of carbonyl (C=O) groups is 4. The maximum atomic E-state index is 14.9. The third-order valence-electron chi connectivity index (χ3n) is 11.3. The number of nitrogens with zero attached hydrogens (tertiary/aromatic N) is 2. The van der Waals surface area contributed by atoms with Gasteiger partial charge in [-0.15, -0.1) is 6.58 Å². The molecular formula is C45H59N4O12P. The standard InChI is InChI=1S/C45H59N4O12P/c1-9-30-25-45(30,62(54,57-10-2)58-27-56-43(53)59-28(3)4)48-40(50)37-23-33(26-49(37)41(51)39(44(5,6)7)47-42(52)61-31-18-14-15-19-31)60-38-24-35(29-16-12-11-13-17-29)46-36-22-32(55-8)20-21-34(36)38/h9,11-13,16-17,20-22,24,28,30-31,33,37,39H,1,10,14-15,18-19,23,25-27H2,2-8H3,(H,47,52)(H,48,50)/t30-,33-,37+,39-,45+,62?/m1/s1. The fraction of sp³-hybridized carbons (Fsp3) is 0.533. The van der Waals surface area contributed by atoms with Crippen molar-refractivity contribution in [3.8, 4) is 22.8 Å². The predicted molar refractivity (Wildman–Crippen MR) is 230 cm³/mol. The van der Waals surface area contributed by atoms with Crippen LogP contribution in [0.15, 0.2) is 67.3 Å². The molecule has 6 rings (SSSR count). The minimum absolute atomic E-state index is 0.0143. The maximum absolute atomic E-state index is 14.9. The van der Waals surface area contributed by atoms with Crippen molar-refractivity contribution in [1.82, 2.24) is 20.5 Å². The van der Waals surface area contributed by atoms with Gasteiger partial charge in [-0.1, -0.05) is 57.2 Å². The number of methoxy groups -OCH3 is 1. The number of ether oxygens (including phenoxy) is 5. The van der Waals surface area contributed by atoms with Gasteiger partial charge in [-0.3, -0.25) is 18.7 Å². The van der Waals surface area contributed by atoms with Gasteiger partial charge in [0.15, 0.2) is 0 Å². The van der Waals surface area contributed by atoms with Crippen LogP contribution in [0.3, 0.4) is 0 Å². The molecule has 2 aliphatic carbocycles. The van der Waals surface area contributed by atoms with Gasteiger partial charge < -0.3 is 43.7 Å². The summed E-state index contributed by atoms with van der Waals surface area (Å²) in [6.45, 7) is 13.3. The van der Waals surface area contributed by atoms with Crippen molar-refractivity contribution in [1.29, 1.82) is 0 Å². The zero-order valence-corrected chi connectivity index (χ0v) is 37.4. The number of carbonyl (C=O) groups excluding carboxylic acids is 4. The number of aromatic nitrogens is 1. The SMILES string of the molecule is C=C[C@@H]1C[C@]1(NC(=O)[C@@H]1C[C@@H](Oc2cc(-c3ccccc3)nc3cc(OC)ccc23)CN1C(=O)[C@@H](NC(=O)OC1CCCC1)C(C)(C)C)P(=O)(OCC)OCOC(=O)OC(C)C. The highest BCUT2D eigenvalue weighted by molar-refractivity contribution is 7.56. The number of hydrogen-bond acceptors (Lipinski definition) is 13. The van der Waals surface area contributed by atoms with E-state index in [1.807, 2.05) is 69.3 Å². The van der Waals surface area contributed by atoms with Crippen LogP contribution >= 0.6 is 7.60 Å². The van der Waals surface area contributed by atoms with Crippen LogP contribution in [0.4, 0.5) is 9.59 Å². The third-order valence-corrected chi connectivity index (χ3v) is 13.9. The second-order valence-electron chi connectivity index (χ2n) is 17.2. The minimum Gasteiger partial charge on any atom is -0.497 e. The Morgan fingerprint density at radius 2 is 1.76 bits per heavy atom. The third kappa shape index (κ3) is 10.5. The molecule has 1 unspecified atom stereocenters. The molecule has 17 heteroatoms. The van der Waals surface area contributed by atoms with Crippen LogP contribution in [0.1, 0.15) is 80.1 Å². The minimum atomic E-state index is -4.29. The van der Waals surface area contributed by atoms with Crippen LogP contribution in [-0.2, 0) is 37.4 Å². The molecule has 3 amide bonds. The van der Waals surface area contributed by atoms with Gasteiger partial charge in [-0.05, 0) is 70.4 Å². The van der Waals surface area contributed by atoms with E-state index >= 15 is 0 Å². The first-order chi connectivity index (χ1) is 29.5. The molecule has 336 valence electrons. The first-order valence-corrected chi connectivity index (χ1v) is 22.7. The van der Waals surface area contributed by atoms with Crippen molar-refractivity contribution in [2.24, 2.45) is 11.3 Å². The van der Waals surface area contributed by atoms with Gasteiger partial charge in [-0.2, -0.15) is 0 Å². The van der Waals surface area contributed by atoms with E-state index in [4.69, 9.17) is 37.7 Å². The molecule has 62 heavy (non-hydrogen) atoms. The fourth-order valence-corrected chi connectivity index (χ4v) is 10.3. The van der Waals surface area contributed by atoms with E-state index < -0.39 is 79.4 Å². The summed E-state index contributed by atoms with van der Waals surface area (Å²) in [5.74, 6) is -0.683. The number of rotatable bonds is 17. The molecule has 2 saturated carbocycles. The van der Waals surface area contributed by atoms with Crippen molar-refractivity contribution in [2.45, 2.75) is 116 Å². The summed E-state index contributed by atoms with van der Waals surface area (Å²) in [6, 6.07) is 14.6. The number of amides is 3. The molecule has 2 heterocycles. The summed E-state index contributed by atoms with van der Waals surface area (Å²) in [6.07, 6.45) is 1.87. The highest BCUT2D eigenvalue weighted by Crippen LogP contribution is 2.73. The van der Waals surface area contributed by atoms with Crippen molar-refractivity contribution in [2.75, 3.05) is 27.1 Å². The Kier molecular flexibility index (Phi) is 14.5. The number of fused-ring (bicyclic) bond motifs is 1. The average molecular weight is 879 g/mol. The van der Waals surface area contributed by atoms with Gasteiger partial charge in [0.25, 0.3) is 0 Å². The molecule has 3 fully saturated rings. The number of likely N-dealkylation sites (tertiary alicyclic amines) is 1. The lowest BCUT2D eigenvalue weighted by Gasteiger charge is -2.36. The van der Waals surface area contributed by atoms with Crippen LogP contribution in [0, 0.1) is 11.3 Å². The normalized spacial score (nSPS) is 22.6. The summed E-state index contributed by atoms with van der Waals surface area (Å²) in [5.41, 5.74) is 1.27. The largest absolute Gasteiger partial charge is 0.510 e. The highest BCUT2D eigenvalue weighted by atomic mass is 31.2. The molecule has 1 saturated heterocycles. The second kappa shape index (κ2) is 19.5. The molecule has 0 bridgehead atoms. The molecule has 1 aromatic heterocycles. The number of benzene rings is 2. The summed E-state index contributed by atoms with van der Waals surface area (Å²) < 4.78 is 54.0. The predicted octanol–water partition coefficient (Wildman–Crippen LogP) is 8.13. The van der Waals surface area contributed by atoms with Crippen LogP contribution in [0.2, 0.25) is 0 Å². The molecule has 2 aromatic carbocycles. The Bertz CT molecular complexity index is 2160. The van der Waals surface area contributed by atoms with Crippen LogP contribution in [0.25, 0.3) is 22.2 Å². The Morgan fingerprint density at radius 3 is 2.39 bits per heavy atom. The Balaban J connectivity index is 1.33. The monoisotopic (exact) mass is 878 g/mol. The van der Waals surface area contributed by atoms with Crippen molar-refractivity contribution in [3.05, 3.63) is 67.3 Å². The van der Waals surface area contributed by atoms with Gasteiger partial charge in [0, 0.05) is 35.4 Å². The first kappa shape index (κ1) is 46.3. The van der Waals surface area contributed by atoms with E-state index in [1.165, 1.54) is 11.0 Å². The van der Waals surface area contributed by atoms with E-state index in [1.54, 1.807) is 33.9 Å². The number of alkyl carbamates (subject to hydrolysis) is 1. The zero-order valence-electron chi connectivity index (χ0n) is 36.5. The van der Waals surface area contributed by atoms with E-state index in [-0.39, 0.29) is 32.1 Å². The maximum Gasteiger partial charge on any atom is 0.510 e. The van der Waals surface area contributed by atoms with E-state index in [9.17, 15) is 23.7 Å². The summed E-state index contributed by atoms with van der Waals surface area (Å²) in [5, 5.41) is 4.83. The molecule has 16 nitrogen and oxygen atoms in total. The molecule has 0 radical (unpaired) electrons. The van der Waals surface area contributed by atoms with Crippen molar-refractivity contribution >= 4 is 42.6 Å². The lowest BCUT2D eigenvalue weighted by molar-refractivity contribution is -0.142. The zero-order chi connectivity index (χ0) is 44.8. The fourth-order valence-electron chi connectivity index (χ4n) is 8.02. The van der Waals surface area contributed by atoms with E-state index in [0.29, 0.717) is 28.1 Å². The number of pyridine rings is 1. The molecular weight excluding hydrogens is 819 g/mol. The Hall–Kier alpha value is -5.18. The average Bonchev–Trinajstić information content (AvgIpc) is 3.48. The second-order valence-corrected chi connectivity index (χ2v) is 19.5. The van der Waals surface area contributed by atoms with E-state index in [2.05, 4.69) is 17.2 Å². The quantitative estimate of drug-likeness (QED) is 0.0573. The lowest BCUT2D eigenvalue weighted by atomic mass is 9.85. The van der Waals surface area contributed by atoms with Crippen molar-refractivity contribution < 1.29 is 56.5 Å². The lowest BCUT2D eigenvalue weighted by Crippen LogP contribution is -2.58. The van der Waals surface area contributed by atoms with Crippen LogP contribution < -0.4 is 20.1 Å². The van der Waals surface area contributed by atoms with Crippen LogP contribution in [-0.4, -0.2) is 96.7 Å². The summed E-state index contributed by atoms with van der Waals surface area (Å²) in [7, 11) is -2.72. The Labute approximate surface area is 362 Å². The summed E-state index contributed by atoms with van der Waals surface area (Å²) >= 11 is 0. The summed E-state index contributed by atoms with van der Waals surface area (Å²) in [4.78, 5) is 61.4. The topological polar surface area (TPSA) is 190 Å². The molecule has 6 atom stereocenters. The molecule has 1 aliphatic heterocycles. The van der Waals surface area contributed by atoms with Gasteiger partial charge in [0.1, 0.15) is 41.1 Å². The smallest absolute Gasteiger partial charge is 0.497 e. The van der Waals surface area contributed by atoms with Crippen LogP contribution in [0.5, 0.6) is 11.5 Å². The molecule has 3 aromatic rings. The van der Waals surface area contributed by atoms with Crippen molar-refractivity contribution in [3.63, 3.8) is 0 Å².